The number of hydrazine groups is 1. The Bertz CT molecular complexity index is 549. The fourth-order valence-corrected chi connectivity index (χ4v) is 2.78. The molecule has 2 rings (SSSR count). The Hall–Kier alpha value is -1.48. The molecule has 1 fully saturated rings. The Labute approximate surface area is 110 Å². The smallest absolute Gasteiger partial charge is 0.335 e. The summed E-state index contributed by atoms with van der Waals surface area (Å²) in [6, 6.07) is 5.06. The van der Waals surface area contributed by atoms with Gasteiger partial charge < -0.3 is 9.84 Å². The van der Waals surface area contributed by atoms with Gasteiger partial charge in [0.05, 0.1) is 23.7 Å². The molecule has 0 unspecified atom stereocenters. The van der Waals surface area contributed by atoms with Crippen LogP contribution in [0.2, 0.25) is 0 Å². The maximum absolute atomic E-state index is 12.0. The highest BCUT2D eigenvalue weighted by Gasteiger charge is 2.20. The predicted octanol–water partition coefficient (Wildman–Crippen LogP) is -0.0897. The number of hydrogen-bond acceptors (Lipinski definition) is 5. The molecule has 1 aromatic rings. The number of hydrogen-bond donors (Lipinski definition) is 2. The third-order valence-corrected chi connectivity index (χ3v) is 4.06. The molecule has 1 aromatic carbocycles. The maximum atomic E-state index is 12.0. The molecule has 1 aliphatic rings. The van der Waals surface area contributed by atoms with Crippen molar-refractivity contribution < 1.29 is 23.1 Å². The first-order valence-electron chi connectivity index (χ1n) is 5.67. The number of carboxylic acids is 1. The highest BCUT2D eigenvalue weighted by Crippen LogP contribution is 2.11. The van der Waals surface area contributed by atoms with Crippen molar-refractivity contribution in [2.45, 2.75) is 4.90 Å². The molecule has 1 saturated heterocycles. The first-order valence-corrected chi connectivity index (χ1v) is 7.16. The van der Waals surface area contributed by atoms with Gasteiger partial charge in [0.15, 0.2) is 0 Å². The van der Waals surface area contributed by atoms with Crippen molar-refractivity contribution in [1.29, 1.82) is 0 Å². The quantitative estimate of drug-likeness (QED) is 0.803. The number of ether oxygens (including phenoxy) is 1. The van der Waals surface area contributed by atoms with Gasteiger partial charge in [-0.1, -0.05) is 0 Å². The fraction of sp³-hybridized carbons (Fsp3) is 0.364. The normalized spacial score (nSPS) is 17.3. The molecule has 0 aliphatic carbocycles. The molecule has 1 aliphatic heterocycles. The van der Waals surface area contributed by atoms with E-state index in [-0.39, 0.29) is 10.5 Å². The van der Waals surface area contributed by atoms with E-state index in [1.807, 2.05) is 0 Å². The van der Waals surface area contributed by atoms with E-state index < -0.39 is 16.0 Å². The molecule has 1 heterocycles. The number of benzene rings is 1. The topological polar surface area (TPSA) is 95.9 Å². The van der Waals surface area contributed by atoms with Crippen LogP contribution in [0.5, 0.6) is 0 Å². The number of carbonyl (C=O) groups is 1. The van der Waals surface area contributed by atoms with E-state index in [4.69, 9.17) is 9.84 Å². The average molecular weight is 286 g/mol. The summed E-state index contributed by atoms with van der Waals surface area (Å²) in [5.41, 5.74) is 0.0466. The predicted molar refractivity (Wildman–Crippen MR) is 66.1 cm³/mol. The summed E-state index contributed by atoms with van der Waals surface area (Å²) < 4.78 is 29.2. The van der Waals surface area contributed by atoms with Gasteiger partial charge in [-0.05, 0) is 24.3 Å². The van der Waals surface area contributed by atoms with Crippen molar-refractivity contribution in [3.8, 4) is 0 Å². The van der Waals surface area contributed by atoms with Crippen molar-refractivity contribution in [2.24, 2.45) is 0 Å². The first kappa shape index (κ1) is 13.9. The number of nitrogens with one attached hydrogen (secondary N) is 1. The van der Waals surface area contributed by atoms with Crippen LogP contribution in [0.25, 0.3) is 0 Å². The lowest BCUT2D eigenvalue weighted by atomic mass is 10.2. The van der Waals surface area contributed by atoms with Crippen LogP contribution in [0.3, 0.4) is 0 Å². The number of carboxylic acid groups (broad SMARTS) is 1. The highest BCUT2D eigenvalue weighted by molar-refractivity contribution is 7.89. The van der Waals surface area contributed by atoms with E-state index in [1.165, 1.54) is 24.3 Å². The van der Waals surface area contributed by atoms with Crippen molar-refractivity contribution in [2.75, 3.05) is 26.3 Å². The Balaban J connectivity index is 2.12. The zero-order chi connectivity index (χ0) is 13.9. The Morgan fingerprint density at radius 1 is 1.21 bits per heavy atom. The van der Waals surface area contributed by atoms with Crippen LogP contribution in [0.15, 0.2) is 29.2 Å². The van der Waals surface area contributed by atoms with Crippen molar-refractivity contribution in [1.82, 2.24) is 9.84 Å². The van der Waals surface area contributed by atoms with Gasteiger partial charge in [-0.25, -0.2) is 18.2 Å². The van der Waals surface area contributed by atoms with Gasteiger partial charge in [-0.3, -0.25) is 0 Å². The number of nitrogens with zero attached hydrogens (tertiary/aromatic N) is 1. The Kier molecular flexibility index (Phi) is 4.15. The minimum atomic E-state index is -3.67. The zero-order valence-electron chi connectivity index (χ0n) is 10.1. The van der Waals surface area contributed by atoms with Crippen LogP contribution >= 0.6 is 0 Å². The van der Waals surface area contributed by atoms with Crippen molar-refractivity contribution >= 4 is 16.0 Å². The van der Waals surface area contributed by atoms with Gasteiger partial charge in [0.25, 0.3) is 10.0 Å². The molecular weight excluding hydrogens is 272 g/mol. The monoisotopic (exact) mass is 286 g/mol. The fourth-order valence-electron chi connectivity index (χ4n) is 1.65. The molecule has 0 spiro atoms. The van der Waals surface area contributed by atoms with Crippen molar-refractivity contribution in [3.63, 3.8) is 0 Å². The lowest BCUT2D eigenvalue weighted by Gasteiger charge is -2.26. The number of rotatable bonds is 4. The van der Waals surface area contributed by atoms with Gasteiger partial charge in [0.2, 0.25) is 0 Å². The summed E-state index contributed by atoms with van der Waals surface area (Å²) in [4.78, 5) is 13.2. The summed E-state index contributed by atoms with van der Waals surface area (Å²) in [5, 5.41) is 10.3. The maximum Gasteiger partial charge on any atom is 0.335 e. The zero-order valence-corrected chi connectivity index (χ0v) is 10.9. The van der Waals surface area contributed by atoms with E-state index in [0.29, 0.717) is 26.3 Å². The lowest BCUT2D eigenvalue weighted by Crippen LogP contribution is -2.48. The average Bonchev–Trinajstić information content (AvgIpc) is 2.39. The van der Waals surface area contributed by atoms with Crippen LogP contribution in [-0.4, -0.2) is 50.8 Å². The third kappa shape index (κ3) is 3.51. The van der Waals surface area contributed by atoms with Gasteiger partial charge in [0.1, 0.15) is 0 Å². The van der Waals surface area contributed by atoms with E-state index in [2.05, 4.69) is 4.83 Å². The largest absolute Gasteiger partial charge is 0.478 e. The minimum absolute atomic E-state index is 0.0315. The molecule has 19 heavy (non-hydrogen) atoms. The molecule has 7 nitrogen and oxygen atoms in total. The highest BCUT2D eigenvalue weighted by atomic mass is 32.2. The molecule has 0 saturated carbocycles. The molecule has 0 amide bonds. The van der Waals surface area contributed by atoms with E-state index in [1.54, 1.807) is 5.01 Å². The second-order valence-corrected chi connectivity index (χ2v) is 5.68. The van der Waals surface area contributed by atoms with E-state index in [9.17, 15) is 13.2 Å². The van der Waals surface area contributed by atoms with Crippen LogP contribution in [0.4, 0.5) is 0 Å². The molecule has 0 atom stereocenters. The molecule has 0 aromatic heterocycles. The summed E-state index contributed by atoms with van der Waals surface area (Å²) in [6.45, 7) is 1.90. The third-order valence-electron chi connectivity index (χ3n) is 2.67. The van der Waals surface area contributed by atoms with Gasteiger partial charge in [0, 0.05) is 13.1 Å². The molecule has 0 radical (unpaired) electrons. The van der Waals surface area contributed by atoms with Crippen molar-refractivity contribution in [3.05, 3.63) is 29.8 Å². The van der Waals surface area contributed by atoms with E-state index >= 15 is 0 Å². The van der Waals surface area contributed by atoms with Crippen LogP contribution in [0.1, 0.15) is 10.4 Å². The SMILES string of the molecule is O=C(O)c1ccc(S(=O)(=O)NN2CCOCC2)cc1. The summed E-state index contributed by atoms with van der Waals surface area (Å²) in [6.07, 6.45) is 0. The second kappa shape index (κ2) is 5.66. The van der Waals surface area contributed by atoms with Crippen LogP contribution in [-0.2, 0) is 14.8 Å². The minimum Gasteiger partial charge on any atom is -0.478 e. The first-order chi connectivity index (χ1) is 8.99. The summed E-state index contributed by atoms with van der Waals surface area (Å²) in [7, 11) is -3.67. The Morgan fingerprint density at radius 3 is 2.32 bits per heavy atom. The molecular formula is C11H14N2O5S. The molecule has 104 valence electrons. The molecule has 2 N–H and O–H groups in total. The number of sulfonamides is 1. The lowest BCUT2D eigenvalue weighted by molar-refractivity contribution is 0.0272. The summed E-state index contributed by atoms with van der Waals surface area (Å²) >= 11 is 0. The number of aromatic carboxylic acids is 1. The standard InChI is InChI=1S/C11H14N2O5S/c14-11(15)9-1-3-10(4-2-9)19(16,17)12-13-5-7-18-8-6-13/h1-4,12H,5-8H2,(H,14,15). The van der Waals surface area contributed by atoms with Crippen LogP contribution in [0, 0.1) is 0 Å². The molecule has 8 heteroatoms. The van der Waals surface area contributed by atoms with Gasteiger partial charge in [-0.2, -0.15) is 0 Å². The second-order valence-electron chi connectivity index (χ2n) is 4.02. The Morgan fingerprint density at radius 2 is 1.79 bits per heavy atom. The van der Waals surface area contributed by atoms with Gasteiger partial charge in [-0.15, -0.1) is 4.83 Å². The summed E-state index contributed by atoms with van der Waals surface area (Å²) in [5.74, 6) is -1.09. The molecule has 0 bridgehead atoms. The van der Waals surface area contributed by atoms with Gasteiger partial charge >= 0.3 is 5.97 Å². The van der Waals surface area contributed by atoms with E-state index in [0.717, 1.165) is 0 Å². The van der Waals surface area contributed by atoms with Crippen LogP contribution < -0.4 is 4.83 Å². The number of morpholine rings is 1.